The fourth-order valence-corrected chi connectivity index (χ4v) is 3.65. The molecule has 0 amide bonds. The minimum Gasteiger partial charge on any atom is -0.497 e. The average Bonchev–Trinajstić information content (AvgIpc) is 3.09. The molecule has 0 fully saturated rings. The highest BCUT2D eigenvalue weighted by Crippen LogP contribution is 2.23. The SMILES string of the molecule is CCOc1ccc(C(=O)Oc2cc(N)n(S(=O)(=O)c3ccc(OC)cc3)n2)cc1. The first kappa shape index (κ1) is 20.2. The maximum atomic E-state index is 12.7. The lowest BCUT2D eigenvalue weighted by Gasteiger charge is -2.07. The summed E-state index contributed by atoms with van der Waals surface area (Å²) in [5, 5.41) is 3.82. The number of rotatable bonds is 7. The molecule has 10 heteroatoms. The van der Waals surface area contributed by atoms with Crippen molar-refractivity contribution < 1.29 is 27.4 Å². The van der Waals surface area contributed by atoms with E-state index < -0.39 is 16.0 Å². The van der Waals surface area contributed by atoms with Gasteiger partial charge in [-0.2, -0.15) is 8.42 Å². The molecule has 3 rings (SSSR count). The van der Waals surface area contributed by atoms with E-state index in [9.17, 15) is 13.2 Å². The molecule has 152 valence electrons. The normalized spacial score (nSPS) is 11.1. The fourth-order valence-electron chi connectivity index (χ4n) is 2.46. The fraction of sp³-hybridized carbons (Fsp3) is 0.158. The maximum Gasteiger partial charge on any atom is 0.344 e. The monoisotopic (exact) mass is 417 g/mol. The topological polar surface area (TPSA) is 123 Å². The lowest BCUT2D eigenvalue weighted by molar-refractivity contribution is 0.0727. The van der Waals surface area contributed by atoms with Crippen LogP contribution in [-0.2, 0) is 10.0 Å². The molecule has 0 unspecified atom stereocenters. The molecule has 0 saturated carbocycles. The third-order valence-corrected chi connectivity index (χ3v) is 5.48. The largest absolute Gasteiger partial charge is 0.497 e. The van der Waals surface area contributed by atoms with Gasteiger partial charge >= 0.3 is 5.97 Å². The van der Waals surface area contributed by atoms with Crippen molar-refractivity contribution in [1.82, 2.24) is 9.19 Å². The zero-order valence-electron chi connectivity index (χ0n) is 15.7. The highest BCUT2D eigenvalue weighted by Gasteiger charge is 2.23. The van der Waals surface area contributed by atoms with Gasteiger partial charge in [0.2, 0.25) is 5.88 Å². The number of anilines is 1. The summed E-state index contributed by atoms with van der Waals surface area (Å²) >= 11 is 0. The van der Waals surface area contributed by atoms with Gasteiger partial charge in [0.1, 0.15) is 17.3 Å². The van der Waals surface area contributed by atoms with Gasteiger partial charge in [-0.3, -0.25) is 0 Å². The summed E-state index contributed by atoms with van der Waals surface area (Å²) in [4.78, 5) is 12.2. The van der Waals surface area contributed by atoms with Gasteiger partial charge in [0.15, 0.2) is 0 Å². The molecule has 0 bridgehead atoms. The van der Waals surface area contributed by atoms with Crippen LogP contribution in [0.5, 0.6) is 17.4 Å². The molecular formula is C19H19N3O6S. The van der Waals surface area contributed by atoms with E-state index >= 15 is 0 Å². The Kier molecular flexibility index (Phi) is 5.74. The molecule has 0 saturated heterocycles. The molecule has 3 aromatic rings. The Morgan fingerprint density at radius 2 is 1.69 bits per heavy atom. The lowest BCUT2D eigenvalue weighted by Crippen LogP contribution is -2.17. The molecular weight excluding hydrogens is 398 g/mol. The Morgan fingerprint density at radius 3 is 2.28 bits per heavy atom. The van der Waals surface area contributed by atoms with Crippen LogP contribution in [0.4, 0.5) is 5.82 Å². The summed E-state index contributed by atoms with van der Waals surface area (Å²) in [5.74, 6) is -0.0288. The number of nitrogen functional groups attached to an aromatic ring is 1. The van der Waals surface area contributed by atoms with Crippen molar-refractivity contribution in [2.75, 3.05) is 19.5 Å². The number of carbonyl (C=O) groups excluding carboxylic acids is 1. The maximum absolute atomic E-state index is 12.7. The Labute approximate surface area is 167 Å². The molecule has 0 radical (unpaired) electrons. The van der Waals surface area contributed by atoms with Gasteiger partial charge in [-0.1, -0.05) is 0 Å². The molecule has 0 aliphatic heterocycles. The molecule has 0 aliphatic carbocycles. The third kappa shape index (κ3) is 4.32. The number of aromatic nitrogens is 2. The van der Waals surface area contributed by atoms with E-state index in [2.05, 4.69) is 5.10 Å². The zero-order valence-corrected chi connectivity index (χ0v) is 16.5. The Hall–Kier alpha value is -3.53. The van der Waals surface area contributed by atoms with Gasteiger partial charge in [-0.15, -0.1) is 9.19 Å². The van der Waals surface area contributed by atoms with E-state index in [1.807, 2.05) is 6.92 Å². The minimum atomic E-state index is -4.07. The summed E-state index contributed by atoms with van der Waals surface area (Å²) in [6, 6.07) is 13.2. The number of methoxy groups -OCH3 is 1. The van der Waals surface area contributed by atoms with Crippen molar-refractivity contribution in [1.29, 1.82) is 0 Å². The second-order valence-corrected chi connectivity index (χ2v) is 7.55. The van der Waals surface area contributed by atoms with Crippen LogP contribution in [-0.4, -0.2) is 37.3 Å². The summed E-state index contributed by atoms with van der Waals surface area (Å²) in [5.41, 5.74) is 6.03. The molecule has 29 heavy (non-hydrogen) atoms. The third-order valence-electron chi connectivity index (χ3n) is 3.86. The molecule has 1 heterocycles. The molecule has 0 spiro atoms. The van der Waals surface area contributed by atoms with E-state index in [0.717, 1.165) is 6.07 Å². The summed E-state index contributed by atoms with van der Waals surface area (Å²) in [7, 11) is -2.60. The van der Waals surface area contributed by atoms with Crippen LogP contribution in [0.1, 0.15) is 17.3 Å². The van der Waals surface area contributed by atoms with Crippen LogP contribution in [0.15, 0.2) is 59.5 Å². The van der Waals surface area contributed by atoms with Crippen molar-refractivity contribution in [3.63, 3.8) is 0 Å². The Morgan fingerprint density at radius 1 is 1.07 bits per heavy atom. The average molecular weight is 417 g/mol. The van der Waals surface area contributed by atoms with E-state index in [4.69, 9.17) is 19.9 Å². The number of nitrogens with zero attached hydrogens (tertiary/aromatic N) is 2. The number of esters is 1. The van der Waals surface area contributed by atoms with E-state index in [1.54, 1.807) is 12.1 Å². The van der Waals surface area contributed by atoms with Crippen LogP contribution in [0.3, 0.4) is 0 Å². The highest BCUT2D eigenvalue weighted by atomic mass is 32.2. The molecule has 1 aromatic heterocycles. The van der Waals surface area contributed by atoms with Gasteiger partial charge in [0.05, 0.1) is 24.2 Å². The summed E-state index contributed by atoms with van der Waals surface area (Å²) < 4.78 is 41.6. The first-order chi connectivity index (χ1) is 13.8. The van der Waals surface area contributed by atoms with Crippen molar-refractivity contribution in [2.24, 2.45) is 0 Å². The first-order valence-electron chi connectivity index (χ1n) is 8.55. The number of ether oxygens (including phenoxy) is 3. The molecule has 0 aliphatic rings. The Bertz CT molecular complexity index is 1110. The van der Waals surface area contributed by atoms with Crippen molar-refractivity contribution in [3.05, 3.63) is 60.2 Å². The van der Waals surface area contributed by atoms with Crippen molar-refractivity contribution in [3.8, 4) is 17.4 Å². The second kappa shape index (κ2) is 8.23. The van der Waals surface area contributed by atoms with Crippen LogP contribution in [0.25, 0.3) is 0 Å². The smallest absolute Gasteiger partial charge is 0.344 e. The molecule has 2 aromatic carbocycles. The van der Waals surface area contributed by atoms with Crippen molar-refractivity contribution >= 4 is 21.8 Å². The molecule has 0 atom stereocenters. The van der Waals surface area contributed by atoms with E-state index in [1.165, 1.54) is 43.5 Å². The minimum absolute atomic E-state index is 0.0440. The molecule has 2 N–H and O–H groups in total. The lowest BCUT2D eigenvalue weighted by atomic mass is 10.2. The first-order valence-corrected chi connectivity index (χ1v) is 9.99. The van der Waals surface area contributed by atoms with Gasteiger partial charge in [-0.25, -0.2) is 4.79 Å². The zero-order chi connectivity index (χ0) is 21.0. The number of hydrogen-bond acceptors (Lipinski definition) is 8. The number of benzene rings is 2. The van der Waals surface area contributed by atoms with Crippen molar-refractivity contribution in [2.45, 2.75) is 11.8 Å². The summed E-state index contributed by atoms with van der Waals surface area (Å²) in [6.07, 6.45) is 0. The number of hydrogen-bond donors (Lipinski definition) is 1. The van der Waals surface area contributed by atoms with Gasteiger partial charge in [-0.05, 0) is 55.5 Å². The summed E-state index contributed by atoms with van der Waals surface area (Å²) in [6.45, 7) is 2.35. The van der Waals surface area contributed by atoms with Gasteiger partial charge in [0, 0.05) is 6.07 Å². The van der Waals surface area contributed by atoms with Crippen LogP contribution < -0.4 is 19.9 Å². The van der Waals surface area contributed by atoms with Gasteiger partial charge < -0.3 is 19.9 Å². The predicted octanol–water partition coefficient (Wildman–Crippen LogP) is 2.33. The van der Waals surface area contributed by atoms with Crippen LogP contribution in [0, 0.1) is 0 Å². The highest BCUT2D eigenvalue weighted by molar-refractivity contribution is 7.90. The van der Waals surface area contributed by atoms with Crippen LogP contribution >= 0.6 is 0 Å². The molecule has 9 nitrogen and oxygen atoms in total. The quantitative estimate of drug-likeness (QED) is 0.581. The predicted molar refractivity (Wildman–Crippen MR) is 105 cm³/mol. The second-order valence-electron chi connectivity index (χ2n) is 5.78. The van der Waals surface area contributed by atoms with E-state index in [-0.39, 0.29) is 22.2 Å². The number of carbonyl (C=O) groups is 1. The van der Waals surface area contributed by atoms with Crippen LogP contribution in [0.2, 0.25) is 0 Å². The number of nitrogens with two attached hydrogens (primary N) is 1. The Balaban J connectivity index is 1.81. The van der Waals surface area contributed by atoms with Gasteiger partial charge in [0.25, 0.3) is 10.0 Å². The van der Waals surface area contributed by atoms with E-state index in [0.29, 0.717) is 22.2 Å². The standard InChI is InChI=1S/C19H19N3O6S/c1-3-27-15-6-4-13(5-7-15)19(23)28-18-12-17(20)22(21-18)29(24,25)16-10-8-14(26-2)9-11-16/h4-12H,3,20H2,1-2H3.